The molecule has 2 aromatic heterocycles. The number of aromatic amines is 1. The van der Waals surface area contributed by atoms with Crippen LogP contribution in [0.1, 0.15) is 52.0 Å². The minimum absolute atomic E-state index is 0.0925. The molecule has 7 nitrogen and oxygen atoms in total. The number of benzene rings is 2. The zero-order valence-corrected chi connectivity index (χ0v) is 22.8. The molecule has 4 N–H and O–H groups in total. The number of carbonyl (C=O) groups is 1. The van der Waals surface area contributed by atoms with Gasteiger partial charge >= 0.3 is 0 Å². The minimum atomic E-state index is -3.22. The molecule has 38 heavy (non-hydrogen) atoms. The van der Waals surface area contributed by atoms with Crippen molar-refractivity contribution in [2.24, 2.45) is 5.73 Å². The Bertz CT molecular complexity index is 1560. The summed E-state index contributed by atoms with van der Waals surface area (Å²) >= 11 is 1.67. The third kappa shape index (κ3) is 5.54. The van der Waals surface area contributed by atoms with E-state index in [1.54, 1.807) is 28.6 Å². The largest absolute Gasteiger partial charge is 0.366 e. The van der Waals surface area contributed by atoms with E-state index in [1.165, 1.54) is 17.0 Å². The number of amides is 1. The second kappa shape index (κ2) is 11.0. The number of hydrogen-bond acceptors (Lipinski definition) is 5. The molecule has 1 amide bonds. The highest BCUT2D eigenvalue weighted by Crippen LogP contribution is 2.37. The number of sulfonamides is 1. The molecule has 0 aliphatic carbocycles. The van der Waals surface area contributed by atoms with Crippen molar-refractivity contribution in [1.29, 1.82) is 0 Å². The van der Waals surface area contributed by atoms with E-state index in [1.807, 2.05) is 29.8 Å². The van der Waals surface area contributed by atoms with Gasteiger partial charge in [-0.2, -0.15) is 0 Å². The number of nitrogens with one attached hydrogen (secondary N) is 2. The van der Waals surface area contributed by atoms with E-state index in [-0.39, 0.29) is 17.5 Å². The first-order valence-corrected chi connectivity index (χ1v) is 15.2. The molecule has 0 radical (unpaired) electrons. The fourth-order valence-corrected chi connectivity index (χ4v) is 7.05. The van der Waals surface area contributed by atoms with Crippen LogP contribution in [0.25, 0.3) is 22.0 Å². The molecule has 4 aromatic rings. The van der Waals surface area contributed by atoms with Gasteiger partial charge in [0.2, 0.25) is 10.0 Å². The summed E-state index contributed by atoms with van der Waals surface area (Å²) in [5.74, 6) is -0.694. The van der Waals surface area contributed by atoms with Crippen molar-refractivity contribution in [3.63, 3.8) is 0 Å². The molecule has 0 spiro atoms. The molecule has 5 rings (SSSR count). The van der Waals surface area contributed by atoms with Crippen LogP contribution in [-0.4, -0.2) is 42.5 Å². The first-order chi connectivity index (χ1) is 18.2. The van der Waals surface area contributed by atoms with Crippen molar-refractivity contribution in [1.82, 2.24) is 14.6 Å². The van der Waals surface area contributed by atoms with E-state index in [0.29, 0.717) is 61.2 Å². The molecule has 3 heterocycles. The number of halogens is 1. The maximum Gasteiger partial charge on any atom is 0.250 e. The van der Waals surface area contributed by atoms with Crippen LogP contribution in [-0.2, 0) is 23.1 Å². The summed E-state index contributed by atoms with van der Waals surface area (Å²) in [4.78, 5) is 16.8. The van der Waals surface area contributed by atoms with Crippen LogP contribution >= 0.6 is 11.3 Å². The molecule has 1 saturated heterocycles. The maximum absolute atomic E-state index is 14.7. The van der Waals surface area contributed by atoms with Gasteiger partial charge in [-0.05, 0) is 89.7 Å². The summed E-state index contributed by atoms with van der Waals surface area (Å²) in [7, 11) is -3.22. The van der Waals surface area contributed by atoms with Gasteiger partial charge in [-0.1, -0.05) is 6.07 Å². The first-order valence-electron chi connectivity index (χ1n) is 12.7. The Hall–Kier alpha value is -3.05. The molecule has 0 unspecified atom stereocenters. The zero-order chi connectivity index (χ0) is 26.9. The smallest absolute Gasteiger partial charge is 0.250 e. The summed E-state index contributed by atoms with van der Waals surface area (Å²) < 4.78 is 40.8. The van der Waals surface area contributed by atoms with Gasteiger partial charge in [0, 0.05) is 42.6 Å². The molecular formula is C28H31FN4O3S2. The van der Waals surface area contributed by atoms with E-state index >= 15 is 0 Å². The minimum Gasteiger partial charge on any atom is -0.366 e. The lowest BCUT2D eigenvalue weighted by molar-refractivity contribution is 0.100. The highest BCUT2D eigenvalue weighted by Gasteiger charge is 2.29. The number of primary amides is 1. The number of hydrogen-bond donors (Lipinski definition) is 3. The Morgan fingerprint density at radius 2 is 1.92 bits per heavy atom. The number of piperidine rings is 1. The number of nitrogens with zero attached hydrogens (tertiary/aromatic N) is 1. The predicted molar refractivity (Wildman–Crippen MR) is 150 cm³/mol. The summed E-state index contributed by atoms with van der Waals surface area (Å²) in [5.41, 5.74) is 9.94. The second-order valence-electron chi connectivity index (χ2n) is 9.66. The standard InChI is InChI=1S/C28H31FN4O3S2/c1-2-38(35,36)33-7-5-19(6-8-33)26-17-32-27-24(26)13-21(14-25(27)28(30)34)20-10-18(11-22(29)12-20)15-31-16-23-4-3-9-37-23/h3-4,9-14,17,19,31-32H,2,5-8,15-16H2,1H3,(H2,30,34). The number of H-pyrrole nitrogens is 1. The average molecular weight is 555 g/mol. The Morgan fingerprint density at radius 1 is 1.16 bits per heavy atom. The van der Waals surface area contributed by atoms with Gasteiger partial charge in [0.15, 0.2) is 0 Å². The van der Waals surface area contributed by atoms with Crippen molar-refractivity contribution in [3.8, 4) is 11.1 Å². The molecule has 0 atom stereocenters. The SMILES string of the molecule is CCS(=O)(=O)N1CCC(c2c[nH]c3c(C(N)=O)cc(-c4cc(F)cc(CNCc5cccs5)c4)cc23)CC1. The third-order valence-corrected chi connectivity index (χ3v) is 10.00. The van der Waals surface area contributed by atoms with Crippen LogP contribution in [0.15, 0.2) is 54.0 Å². The van der Waals surface area contributed by atoms with Crippen molar-refractivity contribution >= 4 is 38.2 Å². The molecule has 1 fully saturated rings. The van der Waals surface area contributed by atoms with Gasteiger partial charge in [0.25, 0.3) is 5.91 Å². The summed E-state index contributed by atoms with van der Waals surface area (Å²) in [6.45, 7) is 3.78. The van der Waals surface area contributed by atoms with Crippen LogP contribution in [0, 0.1) is 5.82 Å². The van der Waals surface area contributed by atoms with Gasteiger partial charge in [-0.15, -0.1) is 11.3 Å². The van der Waals surface area contributed by atoms with E-state index in [0.717, 1.165) is 16.5 Å². The molecule has 1 aliphatic rings. The number of fused-ring (bicyclic) bond motifs is 1. The Kier molecular flexibility index (Phi) is 7.67. The predicted octanol–water partition coefficient (Wildman–Crippen LogP) is 4.95. The fraction of sp³-hybridized carbons (Fsp3) is 0.321. The highest BCUT2D eigenvalue weighted by atomic mass is 32.2. The number of rotatable bonds is 9. The normalized spacial score (nSPS) is 15.3. The topological polar surface area (TPSA) is 108 Å². The van der Waals surface area contributed by atoms with Crippen LogP contribution in [0.5, 0.6) is 0 Å². The van der Waals surface area contributed by atoms with Crippen LogP contribution in [0.2, 0.25) is 0 Å². The molecule has 1 aliphatic heterocycles. The monoisotopic (exact) mass is 554 g/mol. The number of thiophene rings is 1. The van der Waals surface area contributed by atoms with Crippen molar-refractivity contribution < 1.29 is 17.6 Å². The summed E-state index contributed by atoms with van der Waals surface area (Å²) in [5, 5.41) is 6.23. The lowest BCUT2D eigenvalue weighted by atomic mass is 9.88. The van der Waals surface area contributed by atoms with Gasteiger partial charge in [0.1, 0.15) is 5.82 Å². The highest BCUT2D eigenvalue weighted by molar-refractivity contribution is 7.89. The Balaban J connectivity index is 1.45. The lowest BCUT2D eigenvalue weighted by Gasteiger charge is -2.31. The van der Waals surface area contributed by atoms with E-state index in [9.17, 15) is 17.6 Å². The van der Waals surface area contributed by atoms with Crippen molar-refractivity contribution in [2.75, 3.05) is 18.8 Å². The number of aromatic nitrogens is 1. The molecular weight excluding hydrogens is 523 g/mol. The van der Waals surface area contributed by atoms with Crippen molar-refractivity contribution in [2.45, 2.75) is 38.8 Å². The fourth-order valence-electron chi connectivity index (χ4n) is 5.24. The van der Waals surface area contributed by atoms with Crippen molar-refractivity contribution in [3.05, 3.63) is 81.4 Å². The maximum atomic E-state index is 14.7. The van der Waals surface area contributed by atoms with Gasteiger partial charge in [-0.25, -0.2) is 17.1 Å². The van der Waals surface area contributed by atoms with Crippen LogP contribution in [0.3, 0.4) is 0 Å². The van der Waals surface area contributed by atoms with Gasteiger partial charge in [0.05, 0.1) is 16.8 Å². The van der Waals surface area contributed by atoms with Gasteiger partial charge in [-0.3, -0.25) is 4.79 Å². The number of carbonyl (C=O) groups excluding carboxylic acids is 1. The van der Waals surface area contributed by atoms with E-state index in [4.69, 9.17) is 5.73 Å². The van der Waals surface area contributed by atoms with Crippen LogP contribution in [0.4, 0.5) is 4.39 Å². The van der Waals surface area contributed by atoms with Crippen LogP contribution < -0.4 is 11.1 Å². The zero-order valence-electron chi connectivity index (χ0n) is 21.2. The third-order valence-electron chi connectivity index (χ3n) is 7.24. The molecule has 0 saturated carbocycles. The quantitative estimate of drug-likeness (QED) is 0.272. The van der Waals surface area contributed by atoms with E-state index < -0.39 is 15.9 Å². The summed E-state index contributed by atoms with van der Waals surface area (Å²) in [6, 6.07) is 12.6. The molecule has 10 heteroatoms. The van der Waals surface area contributed by atoms with Gasteiger partial charge < -0.3 is 16.0 Å². The molecule has 0 bridgehead atoms. The average Bonchev–Trinajstić information content (AvgIpc) is 3.58. The lowest BCUT2D eigenvalue weighted by Crippen LogP contribution is -2.38. The Morgan fingerprint density at radius 3 is 2.61 bits per heavy atom. The first kappa shape index (κ1) is 26.6. The molecule has 2 aromatic carbocycles. The number of nitrogens with two attached hydrogens (primary N) is 1. The second-order valence-corrected chi connectivity index (χ2v) is 12.9. The van der Waals surface area contributed by atoms with E-state index in [2.05, 4.69) is 16.4 Å². The Labute approximate surface area is 225 Å². The summed E-state index contributed by atoms with van der Waals surface area (Å²) in [6.07, 6.45) is 3.26. The molecule has 200 valence electrons.